The lowest BCUT2D eigenvalue weighted by molar-refractivity contribution is 0.0773. The zero-order chi connectivity index (χ0) is 17.0. The zero-order valence-electron chi connectivity index (χ0n) is 14.1. The van der Waals surface area contributed by atoms with Crippen molar-refractivity contribution in [2.75, 3.05) is 46.4 Å². The number of aromatic nitrogens is 1. The smallest absolute Gasteiger partial charge is 0.273 e. The van der Waals surface area contributed by atoms with Gasteiger partial charge < -0.3 is 20.0 Å². The Kier molecular flexibility index (Phi) is 6.52. The summed E-state index contributed by atoms with van der Waals surface area (Å²) >= 11 is 1.53. The second-order valence-corrected chi connectivity index (χ2v) is 7.51. The van der Waals surface area contributed by atoms with Gasteiger partial charge in [0.2, 0.25) is 0 Å². The highest BCUT2D eigenvalue weighted by atomic mass is 32.1. The molecular weight excluding hydrogens is 314 g/mol. The largest absolute Gasteiger partial charge is 0.396 e. The highest BCUT2D eigenvalue weighted by Gasteiger charge is 2.36. The molecule has 1 aliphatic heterocycles. The number of hydrogen-bond acceptors (Lipinski definition) is 6. The Morgan fingerprint density at radius 3 is 2.70 bits per heavy atom. The number of likely N-dealkylation sites (N-methyl/N-ethyl adjacent to an activating group) is 1. The van der Waals surface area contributed by atoms with E-state index in [0.717, 1.165) is 11.6 Å². The highest BCUT2D eigenvalue weighted by molar-refractivity contribution is 7.09. The van der Waals surface area contributed by atoms with E-state index in [1.54, 1.807) is 4.90 Å². The van der Waals surface area contributed by atoms with E-state index in [2.05, 4.69) is 18.8 Å². The molecule has 0 radical (unpaired) electrons. The minimum atomic E-state index is -0.0427. The number of nitrogens with zero attached hydrogens (tertiary/aromatic N) is 3. The summed E-state index contributed by atoms with van der Waals surface area (Å²) < 4.78 is 0. The van der Waals surface area contributed by atoms with Crippen LogP contribution in [0, 0.1) is 11.8 Å². The van der Waals surface area contributed by atoms with E-state index in [1.165, 1.54) is 11.3 Å². The van der Waals surface area contributed by atoms with Crippen LogP contribution in [0.5, 0.6) is 0 Å². The standard InChI is InChI=1S/C16H27N3O3S/c1-11(2)15-17-14(10-23-15)16(22)19-7-12(13(8-19)9-21)6-18(3)4-5-20/h10-13,20-21H,4-9H2,1-3H3/t12-,13-/m1/s1. The molecule has 130 valence electrons. The summed E-state index contributed by atoms with van der Waals surface area (Å²) in [4.78, 5) is 20.9. The first kappa shape index (κ1) is 18.3. The molecule has 7 heteroatoms. The number of thiazole rings is 1. The number of aliphatic hydroxyl groups is 2. The van der Waals surface area contributed by atoms with Gasteiger partial charge in [-0.05, 0) is 13.0 Å². The van der Waals surface area contributed by atoms with Gasteiger partial charge in [-0.2, -0.15) is 0 Å². The van der Waals surface area contributed by atoms with Gasteiger partial charge in [0.05, 0.1) is 11.6 Å². The van der Waals surface area contributed by atoms with Crippen LogP contribution in [-0.2, 0) is 0 Å². The van der Waals surface area contributed by atoms with E-state index < -0.39 is 0 Å². The maximum absolute atomic E-state index is 12.6. The predicted octanol–water partition coefficient (Wildman–Crippen LogP) is 0.871. The predicted molar refractivity (Wildman–Crippen MR) is 90.8 cm³/mol. The van der Waals surface area contributed by atoms with Gasteiger partial charge in [0.15, 0.2) is 0 Å². The molecule has 1 aliphatic rings. The number of hydrogen-bond donors (Lipinski definition) is 2. The molecule has 1 aromatic heterocycles. The van der Waals surface area contributed by atoms with Crippen molar-refractivity contribution < 1.29 is 15.0 Å². The zero-order valence-corrected chi connectivity index (χ0v) is 14.9. The van der Waals surface area contributed by atoms with Crippen molar-refractivity contribution in [1.82, 2.24) is 14.8 Å². The molecule has 1 fully saturated rings. The molecule has 0 unspecified atom stereocenters. The molecule has 0 aromatic carbocycles. The molecule has 6 nitrogen and oxygen atoms in total. The Morgan fingerprint density at radius 1 is 1.43 bits per heavy atom. The Balaban J connectivity index is 2.01. The Hall–Kier alpha value is -1.02. The third-order valence-electron chi connectivity index (χ3n) is 4.36. The van der Waals surface area contributed by atoms with Gasteiger partial charge in [0.25, 0.3) is 5.91 Å². The van der Waals surface area contributed by atoms with Crippen LogP contribution in [0.4, 0.5) is 0 Å². The average molecular weight is 341 g/mol. The van der Waals surface area contributed by atoms with Crippen molar-refractivity contribution in [3.05, 3.63) is 16.1 Å². The van der Waals surface area contributed by atoms with Crippen LogP contribution in [0.15, 0.2) is 5.38 Å². The van der Waals surface area contributed by atoms with Crippen LogP contribution in [0.3, 0.4) is 0 Å². The number of carbonyl (C=O) groups excluding carboxylic acids is 1. The lowest BCUT2D eigenvalue weighted by Gasteiger charge is -2.22. The number of carbonyl (C=O) groups is 1. The lowest BCUT2D eigenvalue weighted by Crippen LogP contribution is -2.33. The number of rotatable bonds is 7. The quantitative estimate of drug-likeness (QED) is 0.770. The van der Waals surface area contributed by atoms with Crippen LogP contribution < -0.4 is 0 Å². The van der Waals surface area contributed by atoms with E-state index in [1.807, 2.05) is 17.3 Å². The fourth-order valence-electron chi connectivity index (χ4n) is 2.99. The minimum absolute atomic E-state index is 0.0427. The Labute approximate surface area is 141 Å². The molecule has 1 amide bonds. The van der Waals surface area contributed by atoms with E-state index in [0.29, 0.717) is 31.2 Å². The van der Waals surface area contributed by atoms with Crippen LogP contribution in [0.25, 0.3) is 0 Å². The average Bonchev–Trinajstić information content (AvgIpc) is 3.13. The summed E-state index contributed by atoms with van der Waals surface area (Å²) in [5, 5.41) is 21.4. The summed E-state index contributed by atoms with van der Waals surface area (Å²) in [5.41, 5.74) is 0.514. The molecule has 2 rings (SSSR count). The fourth-order valence-corrected chi connectivity index (χ4v) is 3.80. The summed E-state index contributed by atoms with van der Waals surface area (Å²) in [7, 11) is 1.95. The van der Waals surface area contributed by atoms with Crippen molar-refractivity contribution >= 4 is 17.2 Å². The van der Waals surface area contributed by atoms with E-state index in [9.17, 15) is 9.90 Å². The van der Waals surface area contributed by atoms with Gasteiger partial charge in [-0.15, -0.1) is 11.3 Å². The Morgan fingerprint density at radius 2 is 2.13 bits per heavy atom. The van der Waals surface area contributed by atoms with E-state index in [4.69, 9.17) is 5.11 Å². The Bertz CT molecular complexity index is 520. The first-order valence-corrected chi connectivity index (χ1v) is 8.99. The summed E-state index contributed by atoms with van der Waals surface area (Å²) in [6, 6.07) is 0. The molecule has 2 atom stereocenters. The van der Waals surface area contributed by atoms with Gasteiger partial charge in [-0.3, -0.25) is 4.79 Å². The van der Waals surface area contributed by atoms with Gasteiger partial charge in [-0.1, -0.05) is 13.8 Å². The van der Waals surface area contributed by atoms with Crippen molar-refractivity contribution in [2.24, 2.45) is 11.8 Å². The molecule has 0 saturated carbocycles. The normalized spacial score (nSPS) is 21.6. The van der Waals surface area contributed by atoms with Crippen molar-refractivity contribution in [1.29, 1.82) is 0 Å². The number of aliphatic hydroxyl groups excluding tert-OH is 2. The minimum Gasteiger partial charge on any atom is -0.396 e. The third-order valence-corrected chi connectivity index (χ3v) is 5.51. The van der Waals surface area contributed by atoms with Crippen molar-refractivity contribution in [3.63, 3.8) is 0 Å². The van der Waals surface area contributed by atoms with Gasteiger partial charge in [-0.25, -0.2) is 4.98 Å². The monoisotopic (exact) mass is 341 g/mol. The molecule has 0 aliphatic carbocycles. The first-order valence-electron chi connectivity index (χ1n) is 8.11. The van der Waals surface area contributed by atoms with E-state index >= 15 is 0 Å². The third kappa shape index (κ3) is 4.50. The maximum Gasteiger partial charge on any atom is 0.273 e. The topological polar surface area (TPSA) is 76.9 Å². The van der Waals surface area contributed by atoms with Gasteiger partial charge in [0, 0.05) is 50.0 Å². The summed E-state index contributed by atoms with van der Waals surface area (Å²) in [6.45, 7) is 6.91. The first-order chi connectivity index (χ1) is 11.0. The number of amides is 1. The molecule has 2 heterocycles. The van der Waals surface area contributed by atoms with Gasteiger partial charge in [0.1, 0.15) is 5.69 Å². The fraction of sp³-hybridized carbons (Fsp3) is 0.750. The van der Waals surface area contributed by atoms with Crippen molar-refractivity contribution in [2.45, 2.75) is 19.8 Å². The van der Waals surface area contributed by atoms with Crippen LogP contribution in [-0.4, -0.2) is 77.3 Å². The molecule has 0 spiro atoms. The summed E-state index contributed by atoms with van der Waals surface area (Å²) in [5.74, 6) is 0.594. The molecule has 2 N–H and O–H groups in total. The highest BCUT2D eigenvalue weighted by Crippen LogP contribution is 2.26. The number of likely N-dealkylation sites (tertiary alicyclic amines) is 1. The van der Waals surface area contributed by atoms with Crippen molar-refractivity contribution in [3.8, 4) is 0 Å². The summed E-state index contributed by atoms with van der Waals surface area (Å²) in [6.07, 6.45) is 0. The van der Waals surface area contributed by atoms with E-state index in [-0.39, 0.29) is 31.0 Å². The van der Waals surface area contributed by atoms with Crippen LogP contribution in [0.2, 0.25) is 0 Å². The molecule has 1 aromatic rings. The molecule has 0 bridgehead atoms. The van der Waals surface area contributed by atoms with Gasteiger partial charge >= 0.3 is 0 Å². The second-order valence-electron chi connectivity index (χ2n) is 6.62. The molecular formula is C16H27N3O3S. The molecule has 1 saturated heterocycles. The SMILES string of the molecule is CC(C)c1nc(C(=O)N2C[C@@H](CN(C)CCO)[C@@H](CO)C2)cs1. The maximum atomic E-state index is 12.6. The van der Waals surface area contributed by atoms with Crippen LogP contribution in [0.1, 0.15) is 35.3 Å². The second kappa shape index (κ2) is 8.19. The molecule has 23 heavy (non-hydrogen) atoms. The lowest BCUT2D eigenvalue weighted by atomic mass is 9.96. The van der Waals surface area contributed by atoms with Crippen LogP contribution >= 0.6 is 11.3 Å².